The number of pyridine rings is 1. The van der Waals surface area contributed by atoms with Crippen molar-refractivity contribution in [3.8, 4) is 11.6 Å². The van der Waals surface area contributed by atoms with E-state index in [4.69, 9.17) is 4.74 Å². The van der Waals surface area contributed by atoms with Gasteiger partial charge in [-0.1, -0.05) is 24.3 Å². The standard InChI is InChI=1S/C17H20N2OS.ClH/c1-19-12-10-15(11-13-19)21-17-9-5-8-16(18-17)20-14-6-3-2-4-7-14;/h2-9,15H,10-13H2,1H3;1H. The highest BCUT2D eigenvalue weighted by Gasteiger charge is 2.20. The third-order valence-corrected chi connectivity index (χ3v) is 5.01. The molecule has 0 atom stereocenters. The van der Waals surface area contributed by atoms with Crippen LogP contribution >= 0.6 is 11.8 Å². The maximum absolute atomic E-state index is 5.80. The monoisotopic (exact) mass is 336 g/mol. The molecule has 1 aliphatic rings. The third kappa shape index (κ3) is 4.90. The van der Waals surface area contributed by atoms with E-state index in [0.717, 1.165) is 10.8 Å². The first kappa shape index (κ1) is 17.1. The highest BCUT2D eigenvalue weighted by Crippen LogP contribution is 2.28. The van der Waals surface area contributed by atoms with E-state index in [0.29, 0.717) is 11.1 Å². The van der Waals surface area contributed by atoms with E-state index in [-0.39, 0.29) is 12.4 Å². The van der Waals surface area contributed by atoms with Crippen LogP contribution in [0.3, 0.4) is 0 Å². The molecule has 118 valence electrons. The number of hydrogen-bond acceptors (Lipinski definition) is 3. The Kier molecular flexibility index (Phi) is 6.55. The molecule has 0 bridgehead atoms. The molecule has 5 heteroatoms. The number of benzene rings is 1. The molecule has 3 nitrogen and oxygen atoms in total. The Labute approximate surface area is 142 Å². The molecular formula is C17H21ClN2OS. The summed E-state index contributed by atoms with van der Waals surface area (Å²) < 4.78 is 5.80. The molecule has 1 N–H and O–H groups in total. The summed E-state index contributed by atoms with van der Waals surface area (Å²) in [5, 5.41) is 1.75. The highest BCUT2D eigenvalue weighted by molar-refractivity contribution is 7.99. The lowest BCUT2D eigenvalue weighted by Crippen LogP contribution is -3.10. The zero-order valence-electron chi connectivity index (χ0n) is 12.7. The van der Waals surface area contributed by atoms with Crippen LogP contribution in [-0.2, 0) is 0 Å². The fourth-order valence-corrected chi connectivity index (χ4v) is 3.61. The van der Waals surface area contributed by atoms with E-state index < -0.39 is 0 Å². The van der Waals surface area contributed by atoms with Gasteiger partial charge in [0, 0.05) is 24.2 Å². The SMILES string of the molecule is C[NH+]1CCC(Sc2cccc(Oc3ccccc3)n2)CC1.[Cl-]. The van der Waals surface area contributed by atoms with E-state index in [1.165, 1.54) is 25.9 Å². The average Bonchev–Trinajstić information content (AvgIpc) is 2.51. The molecule has 0 saturated carbocycles. The van der Waals surface area contributed by atoms with Gasteiger partial charge in [0.25, 0.3) is 0 Å². The minimum Gasteiger partial charge on any atom is -1.00 e. The predicted molar refractivity (Wildman–Crippen MR) is 86.3 cm³/mol. The van der Waals surface area contributed by atoms with Gasteiger partial charge in [0.1, 0.15) is 10.8 Å². The number of ether oxygens (including phenoxy) is 1. The molecule has 2 heterocycles. The van der Waals surface area contributed by atoms with Crippen LogP contribution in [0.4, 0.5) is 0 Å². The maximum atomic E-state index is 5.80. The summed E-state index contributed by atoms with van der Waals surface area (Å²) in [6.07, 6.45) is 2.53. The van der Waals surface area contributed by atoms with Crippen molar-refractivity contribution in [2.45, 2.75) is 23.1 Å². The molecule has 0 radical (unpaired) electrons. The molecule has 0 spiro atoms. The van der Waals surface area contributed by atoms with E-state index >= 15 is 0 Å². The molecule has 1 saturated heterocycles. The van der Waals surface area contributed by atoms with Gasteiger partial charge in [-0.25, -0.2) is 4.98 Å². The van der Waals surface area contributed by atoms with Gasteiger partial charge in [-0.05, 0) is 18.2 Å². The van der Waals surface area contributed by atoms with Gasteiger partial charge in [0.05, 0.1) is 20.1 Å². The van der Waals surface area contributed by atoms with Crippen LogP contribution in [0.25, 0.3) is 0 Å². The third-order valence-electron chi connectivity index (χ3n) is 3.74. The van der Waals surface area contributed by atoms with Crippen molar-refractivity contribution < 1.29 is 22.0 Å². The maximum Gasteiger partial charge on any atom is 0.220 e. The van der Waals surface area contributed by atoms with E-state index in [1.807, 2.05) is 54.2 Å². The second kappa shape index (κ2) is 8.42. The molecule has 1 fully saturated rings. The molecule has 0 amide bonds. The molecule has 1 aromatic carbocycles. The van der Waals surface area contributed by atoms with Crippen molar-refractivity contribution in [2.75, 3.05) is 20.1 Å². The van der Waals surface area contributed by atoms with Crippen LogP contribution in [0.2, 0.25) is 0 Å². The first-order valence-corrected chi connectivity index (χ1v) is 8.35. The number of likely N-dealkylation sites (tertiary alicyclic amines) is 1. The predicted octanol–water partition coefficient (Wildman–Crippen LogP) is -0.353. The van der Waals surface area contributed by atoms with Crippen molar-refractivity contribution in [2.24, 2.45) is 0 Å². The summed E-state index contributed by atoms with van der Waals surface area (Å²) in [6.45, 7) is 2.52. The zero-order chi connectivity index (χ0) is 14.5. The van der Waals surface area contributed by atoms with Gasteiger partial charge in [-0.2, -0.15) is 0 Å². The zero-order valence-corrected chi connectivity index (χ0v) is 14.2. The van der Waals surface area contributed by atoms with E-state index in [9.17, 15) is 0 Å². The lowest BCUT2D eigenvalue weighted by atomic mass is 10.1. The molecule has 22 heavy (non-hydrogen) atoms. The van der Waals surface area contributed by atoms with Crippen molar-refractivity contribution in [1.29, 1.82) is 0 Å². The van der Waals surface area contributed by atoms with Crippen molar-refractivity contribution in [3.05, 3.63) is 48.5 Å². The van der Waals surface area contributed by atoms with Gasteiger partial charge in [-0.3, -0.25) is 0 Å². The number of piperidine rings is 1. The van der Waals surface area contributed by atoms with E-state index in [1.54, 1.807) is 4.90 Å². The number of rotatable bonds is 4. The number of nitrogens with zero attached hydrogens (tertiary/aromatic N) is 1. The number of halogens is 1. The second-order valence-electron chi connectivity index (χ2n) is 5.50. The Morgan fingerprint density at radius 3 is 2.50 bits per heavy atom. The number of thioether (sulfide) groups is 1. The van der Waals surface area contributed by atoms with Gasteiger partial charge >= 0.3 is 0 Å². The van der Waals surface area contributed by atoms with Crippen LogP contribution in [0.1, 0.15) is 12.8 Å². The van der Waals surface area contributed by atoms with Crippen LogP contribution in [-0.4, -0.2) is 30.4 Å². The van der Waals surface area contributed by atoms with Crippen LogP contribution in [0.5, 0.6) is 11.6 Å². The van der Waals surface area contributed by atoms with Gasteiger partial charge in [-0.15, -0.1) is 11.8 Å². The molecular weight excluding hydrogens is 316 g/mol. The molecule has 3 rings (SSSR count). The van der Waals surface area contributed by atoms with Crippen molar-refractivity contribution in [1.82, 2.24) is 4.98 Å². The van der Waals surface area contributed by atoms with Crippen LogP contribution < -0.4 is 22.0 Å². The topological polar surface area (TPSA) is 26.6 Å². The Hall–Kier alpha value is -1.23. The molecule has 1 aliphatic heterocycles. The van der Waals surface area contributed by atoms with Crippen LogP contribution in [0.15, 0.2) is 53.6 Å². The number of aromatic nitrogens is 1. The van der Waals surface area contributed by atoms with Gasteiger partial charge in [0.15, 0.2) is 0 Å². The van der Waals surface area contributed by atoms with Gasteiger partial charge < -0.3 is 22.0 Å². The van der Waals surface area contributed by atoms with Crippen molar-refractivity contribution in [3.63, 3.8) is 0 Å². The van der Waals surface area contributed by atoms with Crippen LogP contribution in [0, 0.1) is 0 Å². The molecule has 0 aliphatic carbocycles. The quantitative estimate of drug-likeness (QED) is 0.826. The smallest absolute Gasteiger partial charge is 0.220 e. The first-order valence-electron chi connectivity index (χ1n) is 7.47. The Bertz CT molecular complexity index is 574. The summed E-state index contributed by atoms with van der Waals surface area (Å²) in [6, 6.07) is 15.8. The fourth-order valence-electron chi connectivity index (χ4n) is 2.50. The summed E-state index contributed by atoms with van der Waals surface area (Å²) in [4.78, 5) is 6.25. The summed E-state index contributed by atoms with van der Waals surface area (Å²) >= 11 is 1.89. The minimum absolute atomic E-state index is 0. The number of quaternary nitrogens is 1. The number of nitrogens with one attached hydrogen (secondary N) is 1. The Morgan fingerprint density at radius 1 is 1.05 bits per heavy atom. The average molecular weight is 337 g/mol. The molecule has 1 aromatic heterocycles. The summed E-state index contributed by atoms with van der Waals surface area (Å²) in [5.41, 5.74) is 0. The lowest BCUT2D eigenvalue weighted by molar-refractivity contribution is -0.884. The fraction of sp³-hybridized carbons (Fsp3) is 0.353. The number of hydrogen-bond donors (Lipinski definition) is 1. The minimum atomic E-state index is 0. The Morgan fingerprint density at radius 2 is 1.77 bits per heavy atom. The molecule has 0 unspecified atom stereocenters. The first-order chi connectivity index (χ1) is 10.3. The van der Waals surface area contributed by atoms with E-state index in [2.05, 4.69) is 18.1 Å². The lowest BCUT2D eigenvalue weighted by Gasteiger charge is -2.25. The van der Waals surface area contributed by atoms with Gasteiger partial charge in [0.2, 0.25) is 5.88 Å². The normalized spacial score (nSPS) is 21.0. The largest absolute Gasteiger partial charge is 1.00 e. The number of para-hydroxylation sites is 1. The van der Waals surface area contributed by atoms with Crippen molar-refractivity contribution >= 4 is 11.8 Å². The Balaban J connectivity index is 0.00000176. The molecule has 2 aromatic rings. The highest BCUT2D eigenvalue weighted by atomic mass is 35.5. The summed E-state index contributed by atoms with van der Waals surface area (Å²) in [7, 11) is 2.27. The summed E-state index contributed by atoms with van der Waals surface area (Å²) in [5.74, 6) is 1.50. The second-order valence-corrected chi connectivity index (χ2v) is 6.82.